The van der Waals surface area contributed by atoms with Gasteiger partial charge >= 0.3 is 0 Å². The number of benzene rings is 1. The standard InChI is InChI=1S/C22H29N3O3/c26-22(23-19-7-4-14-27-16-19)21-15-20(24-28-21)18-9-12-25(13-10-18)11-8-17-5-2-1-3-6-17/h1-3,5-6,15,18-19H,4,7-14,16H2,(H,23,26)/t19-/m1/s1. The molecule has 3 heterocycles. The van der Waals surface area contributed by atoms with Gasteiger partial charge in [-0.05, 0) is 50.8 Å². The first-order valence-electron chi connectivity index (χ1n) is 10.4. The number of nitrogens with one attached hydrogen (secondary N) is 1. The normalized spacial score (nSPS) is 21.5. The van der Waals surface area contributed by atoms with E-state index in [1.807, 2.05) is 6.07 Å². The van der Waals surface area contributed by atoms with Gasteiger partial charge in [-0.15, -0.1) is 0 Å². The summed E-state index contributed by atoms with van der Waals surface area (Å²) in [5.41, 5.74) is 2.30. The van der Waals surface area contributed by atoms with Crippen molar-refractivity contribution in [2.75, 3.05) is 32.8 Å². The van der Waals surface area contributed by atoms with Crippen LogP contribution in [0.5, 0.6) is 0 Å². The molecule has 2 saturated heterocycles. The molecular formula is C22H29N3O3. The lowest BCUT2D eigenvalue weighted by atomic mass is 9.93. The second-order valence-electron chi connectivity index (χ2n) is 7.86. The van der Waals surface area contributed by atoms with Crippen LogP contribution in [0.25, 0.3) is 0 Å². The van der Waals surface area contributed by atoms with Gasteiger partial charge in [0.05, 0.1) is 18.3 Å². The number of ether oxygens (including phenoxy) is 1. The van der Waals surface area contributed by atoms with Crippen LogP contribution in [-0.4, -0.2) is 54.9 Å². The maximum Gasteiger partial charge on any atom is 0.290 e. The molecular weight excluding hydrogens is 354 g/mol. The number of likely N-dealkylation sites (tertiary alicyclic amines) is 1. The Morgan fingerprint density at radius 3 is 2.75 bits per heavy atom. The molecule has 2 aromatic rings. The minimum Gasteiger partial charge on any atom is -0.379 e. The van der Waals surface area contributed by atoms with E-state index in [1.165, 1.54) is 5.56 Å². The van der Waals surface area contributed by atoms with Crippen LogP contribution in [0.1, 0.15) is 53.4 Å². The van der Waals surface area contributed by atoms with E-state index >= 15 is 0 Å². The largest absolute Gasteiger partial charge is 0.379 e. The van der Waals surface area contributed by atoms with E-state index < -0.39 is 0 Å². The average Bonchev–Trinajstić information content (AvgIpc) is 3.25. The van der Waals surface area contributed by atoms with Gasteiger partial charge in [0.25, 0.3) is 5.91 Å². The zero-order valence-electron chi connectivity index (χ0n) is 16.3. The number of carbonyl (C=O) groups is 1. The molecule has 28 heavy (non-hydrogen) atoms. The minimum atomic E-state index is -0.186. The Kier molecular flexibility index (Phi) is 6.39. The molecule has 0 saturated carbocycles. The Morgan fingerprint density at radius 2 is 2.00 bits per heavy atom. The van der Waals surface area contributed by atoms with Crippen LogP contribution in [0.4, 0.5) is 0 Å². The van der Waals surface area contributed by atoms with Crippen LogP contribution in [0.2, 0.25) is 0 Å². The molecule has 6 heteroatoms. The van der Waals surface area contributed by atoms with Crippen molar-refractivity contribution < 1.29 is 14.1 Å². The molecule has 4 rings (SSSR count). The first-order valence-corrected chi connectivity index (χ1v) is 10.4. The fourth-order valence-electron chi connectivity index (χ4n) is 4.08. The van der Waals surface area contributed by atoms with Crippen LogP contribution in [0.15, 0.2) is 40.9 Å². The Morgan fingerprint density at radius 1 is 1.18 bits per heavy atom. The molecule has 1 aromatic heterocycles. The Balaban J connectivity index is 1.24. The summed E-state index contributed by atoms with van der Waals surface area (Å²) in [6, 6.07) is 12.5. The fourth-order valence-corrected chi connectivity index (χ4v) is 4.08. The number of rotatable bonds is 6. The first-order chi connectivity index (χ1) is 13.8. The highest BCUT2D eigenvalue weighted by Crippen LogP contribution is 2.27. The first kappa shape index (κ1) is 19.2. The van der Waals surface area contributed by atoms with E-state index in [-0.39, 0.29) is 11.9 Å². The highest BCUT2D eigenvalue weighted by atomic mass is 16.5. The predicted octanol–water partition coefficient (Wildman–Crippen LogP) is 3.01. The smallest absolute Gasteiger partial charge is 0.290 e. The van der Waals surface area contributed by atoms with Crippen LogP contribution in [0.3, 0.4) is 0 Å². The zero-order valence-corrected chi connectivity index (χ0v) is 16.3. The third kappa shape index (κ3) is 5.00. The molecule has 6 nitrogen and oxygen atoms in total. The molecule has 150 valence electrons. The van der Waals surface area contributed by atoms with Crippen LogP contribution < -0.4 is 5.32 Å². The van der Waals surface area contributed by atoms with Gasteiger partial charge in [-0.25, -0.2) is 0 Å². The van der Waals surface area contributed by atoms with Crippen molar-refractivity contribution in [2.24, 2.45) is 0 Å². The van der Waals surface area contributed by atoms with Crippen molar-refractivity contribution in [3.8, 4) is 0 Å². The Bertz CT molecular complexity index is 747. The summed E-state index contributed by atoms with van der Waals surface area (Å²) in [5.74, 6) is 0.498. The second-order valence-corrected chi connectivity index (χ2v) is 7.86. The lowest BCUT2D eigenvalue weighted by Crippen LogP contribution is -2.40. The zero-order chi connectivity index (χ0) is 19.2. The van der Waals surface area contributed by atoms with Crippen LogP contribution in [0, 0.1) is 0 Å². The summed E-state index contributed by atoms with van der Waals surface area (Å²) in [6.07, 6.45) is 5.13. The van der Waals surface area contributed by atoms with Crippen molar-refractivity contribution in [2.45, 2.75) is 44.1 Å². The quantitative estimate of drug-likeness (QED) is 0.831. The highest BCUT2D eigenvalue weighted by molar-refractivity contribution is 5.91. The van der Waals surface area contributed by atoms with Gasteiger partial charge in [0.15, 0.2) is 0 Å². The summed E-state index contributed by atoms with van der Waals surface area (Å²) in [5, 5.41) is 7.17. The van der Waals surface area contributed by atoms with Crippen molar-refractivity contribution in [1.29, 1.82) is 0 Å². The van der Waals surface area contributed by atoms with E-state index in [1.54, 1.807) is 0 Å². The molecule has 1 aromatic carbocycles. The molecule has 0 unspecified atom stereocenters. The van der Waals surface area contributed by atoms with Gasteiger partial charge in [-0.3, -0.25) is 4.79 Å². The number of nitrogens with zero attached hydrogens (tertiary/aromatic N) is 2. The molecule has 0 bridgehead atoms. The lowest BCUT2D eigenvalue weighted by molar-refractivity contribution is 0.0608. The lowest BCUT2D eigenvalue weighted by Gasteiger charge is -2.30. The molecule has 1 atom stereocenters. The summed E-state index contributed by atoms with van der Waals surface area (Å²) < 4.78 is 10.7. The van der Waals surface area contributed by atoms with E-state index in [2.05, 4.69) is 45.7 Å². The molecule has 2 aliphatic heterocycles. The molecule has 0 spiro atoms. The number of piperidine rings is 1. The number of hydrogen-bond acceptors (Lipinski definition) is 5. The Labute approximate surface area is 166 Å². The van der Waals surface area contributed by atoms with Crippen molar-refractivity contribution in [3.05, 3.63) is 53.4 Å². The summed E-state index contributed by atoms with van der Waals surface area (Å²) in [6.45, 7) is 4.57. The van der Waals surface area contributed by atoms with Gasteiger partial charge < -0.3 is 19.5 Å². The predicted molar refractivity (Wildman–Crippen MR) is 106 cm³/mol. The van der Waals surface area contributed by atoms with E-state index in [4.69, 9.17) is 9.26 Å². The van der Waals surface area contributed by atoms with E-state index in [0.717, 1.165) is 64.0 Å². The highest BCUT2D eigenvalue weighted by Gasteiger charge is 2.25. The van der Waals surface area contributed by atoms with Crippen LogP contribution >= 0.6 is 0 Å². The summed E-state index contributed by atoms with van der Waals surface area (Å²) in [4.78, 5) is 14.9. The SMILES string of the molecule is O=C(N[C@@H]1CCCOC1)c1cc(C2CCN(CCc3ccccc3)CC2)no1. The number of hydrogen-bond donors (Lipinski definition) is 1. The fraction of sp³-hybridized carbons (Fsp3) is 0.545. The molecule has 0 aliphatic carbocycles. The molecule has 1 amide bonds. The molecule has 2 fully saturated rings. The second kappa shape index (κ2) is 9.34. The monoisotopic (exact) mass is 383 g/mol. The Hall–Kier alpha value is -2.18. The molecule has 0 radical (unpaired) electrons. The summed E-state index contributed by atoms with van der Waals surface area (Å²) in [7, 11) is 0. The maximum atomic E-state index is 12.4. The number of aromatic nitrogens is 1. The molecule has 1 N–H and O–H groups in total. The van der Waals surface area contributed by atoms with Gasteiger partial charge in [0.1, 0.15) is 0 Å². The molecule has 2 aliphatic rings. The minimum absolute atomic E-state index is 0.0719. The number of carbonyl (C=O) groups excluding carboxylic acids is 1. The van der Waals surface area contributed by atoms with E-state index in [9.17, 15) is 4.79 Å². The van der Waals surface area contributed by atoms with Crippen molar-refractivity contribution >= 4 is 5.91 Å². The summed E-state index contributed by atoms with van der Waals surface area (Å²) >= 11 is 0. The van der Waals surface area contributed by atoms with Gasteiger partial charge in [0, 0.05) is 25.1 Å². The van der Waals surface area contributed by atoms with Crippen LogP contribution in [-0.2, 0) is 11.2 Å². The third-order valence-electron chi connectivity index (χ3n) is 5.81. The van der Waals surface area contributed by atoms with Crippen molar-refractivity contribution in [1.82, 2.24) is 15.4 Å². The van der Waals surface area contributed by atoms with Gasteiger partial charge in [0.2, 0.25) is 5.76 Å². The number of amides is 1. The third-order valence-corrected chi connectivity index (χ3v) is 5.81. The van der Waals surface area contributed by atoms with Gasteiger partial charge in [-0.2, -0.15) is 0 Å². The average molecular weight is 383 g/mol. The van der Waals surface area contributed by atoms with E-state index in [0.29, 0.717) is 18.3 Å². The topological polar surface area (TPSA) is 67.6 Å². The van der Waals surface area contributed by atoms with Crippen molar-refractivity contribution in [3.63, 3.8) is 0 Å². The van der Waals surface area contributed by atoms with Gasteiger partial charge in [-0.1, -0.05) is 35.5 Å². The maximum absolute atomic E-state index is 12.4.